The number of alkyl halides is 3. The third-order valence-electron chi connectivity index (χ3n) is 4.97. The zero-order valence-corrected chi connectivity index (χ0v) is 19.2. The summed E-state index contributed by atoms with van der Waals surface area (Å²) in [6, 6.07) is 18.5. The van der Waals surface area contributed by atoms with Crippen LogP contribution in [0.1, 0.15) is 16.1 Å². The lowest BCUT2D eigenvalue weighted by molar-refractivity contribution is -0.141. The number of nitrogens with two attached hydrogens (primary N) is 1. The highest BCUT2D eigenvalue weighted by atomic mass is 35.5. The maximum Gasteiger partial charge on any atom is 0.435 e. The van der Waals surface area contributed by atoms with Crippen molar-refractivity contribution in [2.75, 3.05) is 5.32 Å². The van der Waals surface area contributed by atoms with Gasteiger partial charge in [-0.3, -0.25) is 4.79 Å². The van der Waals surface area contributed by atoms with Crippen molar-refractivity contribution >= 4 is 33.2 Å². The molecule has 0 saturated heterocycles. The number of aromatic nitrogens is 2. The first-order chi connectivity index (χ1) is 16.4. The molecule has 0 bridgehead atoms. The predicted octanol–water partition coefficient (Wildman–Crippen LogP) is 5.11. The van der Waals surface area contributed by atoms with E-state index in [0.29, 0.717) is 5.56 Å². The molecule has 4 rings (SSSR count). The van der Waals surface area contributed by atoms with Gasteiger partial charge in [0.2, 0.25) is 10.0 Å². The first kappa shape index (κ1) is 24.5. The van der Waals surface area contributed by atoms with E-state index in [0.717, 1.165) is 10.7 Å². The van der Waals surface area contributed by atoms with Gasteiger partial charge in [0.25, 0.3) is 5.91 Å². The molecular weight excluding hydrogens is 505 g/mol. The Morgan fingerprint density at radius 2 is 1.60 bits per heavy atom. The molecule has 180 valence electrons. The number of hydrogen-bond donors (Lipinski definition) is 2. The summed E-state index contributed by atoms with van der Waals surface area (Å²) >= 11 is 6.18. The lowest BCUT2D eigenvalue weighted by Gasteiger charge is -2.11. The maximum absolute atomic E-state index is 13.4. The lowest BCUT2D eigenvalue weighted by atomic mass is 10.1. The molecule has 0 spiro atoms. The molecule has 0 aliphatic heterocycles. The predicted molar refractivity (Wildman–Crippen MR) is 125 cm³/mol. The van der Waals surface area contributed by atoms with E-state index in [1.54, 1.807) is 12.1 Å². The van der Waals surface area contributed by atoms with Gasteiger partial charge in [0.15, 0.2) is 5.69 Å². The van der Waals surface area contributed by atoms with E-state index in [4.69, 9.17) is 16.7 Å². The number of para-hydroxylation sites is 2. The fourth-order valence-corrected chi connectivity index (χ4v) is 4.25. The summed E-state index contributed by atoms with van der Waals surface area (Å²) in [6.45, 7) is 0. The van der Waals surface area contributed by atoms with Gasteiger partial charge >= 0.3 is 6.18 Å². The van der Waals surface area contributed by atoms with Gasteiger partial charge in [-0.25, -0.2) is 18.2 Å². The molecule has 0 fully saturated rings. The fraction of sp³-hybridized carbons (Fsp3) is 0.0435. The van der Waals surface area contributed by atoms with Crippen molar-refractivity contribution in [1.82, 2.24) is 9.78 Å². The van der Waals surface area contributed by atoms with Crippen LogP contribution >= 0.6 is 11.6 Å². The van der Waals surface area contributed by atoms with Crippen LogP contribution in [-0.2, 0) is 16.2 Å². The monoisotopic (exact) mass is 520 g/mol. The van der Waals surface area contributed by atoms with Gasteiger partial charge in [-0.2, -0.15) is 18.3 Å². The van der Waals surface area contributed by atoms with E-state index in [1.807, 2.05) is 0 Å². The van der Waals surface area contributed by atoms with Crippen LogP contribution in [-0.4, -0.2) is 24.1 Å². The Kier molecular flexibility index (Phi) is 6.41. The number of primary sulfonamides is 1. The number of carbonyl (C=O) groups excluding carboxylic acids is 1. The molecule has 0 atom stereocenters. The molecule has 1 amide bonds. The van der Waals surface area contributed by atoms with Crippen molar-refractivity contribution in [2.24, 2.45) is 5.14 Å². The zero-order chi connectivity index (χ0) is 25.4. The van der Waals surface area contributed by atoms with Crippen LogP contribution in [0, 0.1) is 0 Å². The summed E-state index contributed by atoms with van der Waals surface area (Å²) in [5.41, 5.74) is -0.269. The minimum atomic E-state index is -4.68. The number of rotatable bonds is 5. The number of nitrogens with one attached hydrogen (secondary N) is 1. The molecule has 0 aliphatic carbocycles. The Labute approximate surface area is 203 Å². The SMILES string of the molecule is NS(=O)(=O)c1ccccc1NC(=O)c1ccc(-c2cc(C(F)(F)F)nn2-c2ccccc2Cl)cc1. The molecular formula is C23H16ClF3N4O3S. The number of amides is 1. The van der Waals surface area contributed by atoms with Crippen molar-refractivity contribution in [3.63, 3.8) is 0 Å². The smallest absolute Gasteiger partial charge is 0.321 e. The second-order valence-electron chi connectivity index (χ2n) is 7.35. The molecule has 1 aromatic heterocycles. The van der Waals surface area contributed by atoms with Gasteiger partial charge in [0.05, 0.1) is 22.1 Å². The summed E-state index contributed by atoms with van der Waals surface area (Å²) in [6.07, 6.45) is -4.68. The van der Waals surface area contributed by atoms with Crippen LogP contribution in [0.2, 0.25) is 5.02 Å². The van der Waals surface area contributed by atoms with Gasteiger partial charge in [-0.15, -0.1) is 0 Å². The van der Waals surface area contributed by atoms with Gasteiger partial charge in [0, 0.05) is 11.1 Å². The Bertz CT molecular complexity index is 1520. The number of anilines is 1. The maximum atomic E-state index is 13.4. The third-order valence-corrected chi connectivity index (χ3v) is 6.25. The largest absolute Gasteiger partial charge is 0.435 e. The van der Waals surface area contributed by atoms with E-state index in [9.17, 15) is 26.4 Å². The van der Waals surface area contributed by atoms with Crippen molar-refractivity contribution in [2.45, 2.75) is 11.1 Å². The van der Waals surface area contributed by atoms with Gasteiger partial charge in [0.1, 0.15) is 4.90 Å². The molecule has 3 N–H and O–H groups in total. The summed E-state index contributed by atoms with van der Waals surface area (Å²) in [7, 11) is -4.08. The van der Waals surface area contributed by atoms with E-state index in [-0.39, 0.29) is 32.6 Å². The van der Waals surface area contributed by atoms with Crippen LogP contribution in [0.25, 0.3) is 16.9 Å². The molecule has 0 saturated carbocycles. The van der Waals surface area contributed by atoms with Gasteiger partial charge in [-0.05, 0) is 42.5 Å². The standard InChI is InChI=1S/C23H16ClF3N4O3S/c24-16-5-1-3-7-18(16)31-19(13-21(30-31)23(25,26)27)14-9-11-15(12-10-14)22(32)29-17-6-2-4-8-20(17)35(28,33)34/h1-13H,(H,29,32)(H2,28,33,34). The quantitative estimate of drug-likeness (QED) is 0.381. The average Bonchev–Trinajstić information content (AvgIpc) is 3.25. The lowest BCUT2D eigenvalue weighted by Crippen LogP contribution is -2.18. The molecule has 0 aliphatic rings. The highest BCUT2D eigenvalue weighted by Crippen LogP contribution is 2.34. The second kappa shape index (κ2) is 9.17. The summed E-state index contributed by atoms with van der Waals surface area (Å²) < 4.78 is 64.8. The Morgan fingerprint density at radius 1 is 0.971 bits per heavy atom. The van der Waals surface area contributed by atoms with Crippen molar-refractivity contribution in [1.29, 1.82) is 0 Å². The van der Waals surface area contributed by atoms with E-state index in [2.05, 4.69) is 10.4 Å². The molecule has 7 nitrogen and oxygen atoms in total. The van der Waals surface area contributed by atoms with Crippen molar-refractivity contribution < 1.29 is 26.4 Å². The topological polar surface area (TPSA) is 107 Å². The molecule has 0 radical (unpaired) electrons. The summed E-state index contributed by atoms with van der Waals surface area (Å²) in [4.78, 5) is 12.4. The Morgan fingerprint density at radius 3 is 2.23 bits per heavy atom. The van der Waals surface area contributed by atoms with Crippen LogP contribution in [0.4, 0.5) is 18.9 Å². The summed E-state index contributed by atoms with van der Waals surface area (Å²) in [5.74, 6) is -0.636. The zero-order valence-electron chi connectivity index (χ0n) is 17.6. The number of nitrogens with zero attached hydrogens (tertiary/aromatic N) is 2. The summed E-state index contributed by atoms with van der Waals surface area (Å²) in [5, 5.41) is 11.6. The average molecular weight is 521 g/mol. The number of carbonyl (C=O) groups is 1. The normalized spacial score (nSPS) is 11.9. The van der Waals surface area contributed by atoms with Crippen molar-refractivity contribution in [3.05, 3.63) is 95.1 Å². The van der Waals surface area contributed by atoms with Crippen molar-refractivity contribution in [3.8, 4) is 16.9 Å². The van der Waals surface area contributed by atoms with E-state index < -0.39 is 27.8 Å². The first-order valence-corrected chi connectivity index (χ1v) is 11.8. The fourth-order valence-electron chi connectivity index (χ4n) is 3.34. The minimum Gasteiger partial charge on any atom is -0.321 e. The number of benzene rings is 3. The molecule has 4 aromatic rings. The molecule has 0 unspecified atom stereocenters. The van der Waals surface area contributed by atoms with E-state index >= 15 is 0 Å². The minimum absolute atomic E-state index is 0.00399. The first-order valence-electron chi connectivity index (χ1n) is 9.91. The van der Waals surface area contributed by atoms with E-state index in [1.165, 1.54) is 60.7 Å². The van der Waals surface area contributed by atoms with Gasteiger partial charge < -0.3 is 5.32 Å². The molecule has 3 aromatic carbocycles. The number of hydrogen-bond acceptors (Lipinski definition) is 4. The molecule has 35 heavy (non-hydrogen) atoms. The van der Waals surface area contributed by atoms with Crippen LogP contribution < -0.4 is 10.5 Å². The molecule has 1 heterocycles. The third kappa shape index (κ3) is 5.21. The van der Waals surface area contributed by atoms with Crippen LogP contribution in [0.3, 0.4) is 0 Å². The number of sulfonamides is 1. The number of halogens is 4. The van der Waals surface area contributed by atoms with Crippen LogP contribution in [0.15, 0.2) is 83.8 Å². The highest BCUT2D eigenvalue weighted by molar-refractivity contribution is 7.89. The second-order valence-corrected chi connectivity index (χ2v) is 9.29. The molecule has 12 heteroatoms. The van der Waals surface area contributed by atoms with Gasteiger partial charge in [-0.1, -0.05) is 48.0 Å². The Hall–Kier alpha value is -3.67. The highest BCUT2D eigenvalue weighted by Gasteiger charge is 2.35. The Balaban J connectivity index is 1.69. The van der Waals surface area contributed by atoms with Crippen LogP contribution in [0.5, 0.6) is 0 Å².